The first-order valence-electron chi connectivity index (χ1n) is 5.72. The molecular weight excluding hydrogens is 492 g/mol. The lowest BCUT2D eigenvalue weighted by molar-refractivity contribution is 0.102. The molecule has 1 N–H and O–H groups in total. The van der Waals surface area contributed by atoms with Crippen LogP contribution in [-0.4, -0.2) is 13.0 Å². The summed E-state index contributed by atoms with van der Waals surface area (Å²) in [5.74, 6) is 0.0646. The molecule has 0 saturated heterocycles. The Morgan fingerprint density at radius 3 is 2.38 bits per heavy atom. The van der Waals surface area contributed by atoms with E-state index in [1.165, 1.54) is 19.2 Å². The zero-order valence-corrected chi connectivity index (χ0v) is 16.0. The number of carbonyl (C=O) groups excluding carboxylic acids is 1. The van der Waals surface area contributed by atoms with Crippen molar-refractivity contribution < 1.29 is 9.53 Å². The van der Waals surface area contributed by atoms with Crippen LogP contribution < -0.4 is 10.1 Å². The van der Waals surface area contributed by atoms with Crippen molar-refractivity contribution in [2.24, 2.45) is 0 Å². The second-order valence-electron chi connectivity index (χ2n) is 4.05. The van der Waals surface area contributed by atoms with E-state index >= 15 is 0 Å². The number of benzene rings is 2. The Balaban J connectivity index is 2.28. The van der Waals surface area contributed by atoms with Crippen molar-refractivity contribution in [2.75, 3.05) is 12.4 Å². The molecule has 0 aliphatic rings. The third-order valence-electron chi connectivity index (χ3n) is 2.64. The van der Waals surface area contributed by atoms with E-state index in [0.29, 0.717) is 27.0 Å². The number of amides is 1. The minimum Gasteiger partial charge on any atom is -0.494 e. The van der Waals surface area contributed by atoms with Crippen molar-refractivity contribution in [3.8, 4) is 5.75 Å². The molecule has 2 aromatic rings. The summed E-state index contributed by atoms with van der Waals surface area (Å²) in [7, 11) is 1.47. The lowest BCUT2D eigenvalue weighted by atomic mass is 10.2. The third kappa shape index (κ3) is 4.03. The van der Waals surface area contributed by atoms with Crippen LogP contribution >= 0.6 is 61.7 Å². The van der Waals surface area contributed by atoms with Crippen LogP contribution in [0.3, 0.4) is 0 Å². The summed E-state index contributed by atoms with van der Waals surface area (Å²) in [4.78, 5) is 12.3. The van der Waals surface area contributed by atoms with Gasteiger partial charge in [-0.15, -0.1) is 0 Å². The van der Waals surface area contributed by atoms with Crippen LogP contribution in [-0.2, 0) is 0 Å². The molecule has 0 spiro atoms. The van der Waals surface area contributed by atoms with Gasteiger partial charge in [0, 0.05) is 13.6 Å². The Morgan fingerprint density at radius 2 is 1.86 bits per heavy atom. The zero-order chi connectivity index (χ0) is 15.6. The fraction of sp³-hybridized carbons (Fsp3) is 0.0714. The number of hydrogen-bond acceptors (Lipinski definition) is 2. The average molecular weight is 501 g/mol. The van der Waals surface area contributed by atoms with Gasteiger partial charge in [0.05, 0.1) is 22.8 Å². The Hall–Kier alpha value is -0.500. The molecule has 7 heteroatoms. The maximum Gasteiger partial charge on any atom is 0.255 e. The quantitative estimate of drug-likeness (QED) is 0.555. The highest BCUT2D eigenvalue weighted by Crippen LogP contribution is 2.34. The number of anilines is 1. The molecule has 0 aromatic heterocycles. The highest BCUT2D eigenvalue weighted by molar-refractivity contribution is 14.1. The van der Waals surface area contributed by atoms with E-state index in [2.05, 4.69) is 43.8 Å². The SMILES string of the molecule is COc1c(Cl)cc(C(=O)Nc2ccc(Br)cc2I)cc1Cl. The molecule has 0 fully saturated rings. The molecule has 110 valence electrons. The molecule has 0 saturated carbocycles. The van der Waals surface area contributed by atoms with Crippen LogP contribution in [0.2, 0.25) is 10.0 Å². The number of rotatable bonds is 3. The zero-order valence-electron chi connectivity index (χ0n) is 10.7. The van der Waals surface area contributed by atoms with E-state index in [9.17, 15) is 4.79 Å². The Morgan fingerprint density at radius 1 is 1.24 bits per heavy atom. The van der Waals surface area contributed by atoms with Gasteiger partial charge in [-0.2, -0.15) is 0 Å². The van der Waals surface area contributed by atoms with Gasteiger partial charge in [-0.1, -0.05) is 39.1 Å². The summed E-state index contributed by atoms with van der Waals surface area (Å²) < 4.78 is 6.92. The summed E-state index contributed by atoms with van der Waals surface area (Å²) >= 11 is 17.6. The molecule has 0 aliphatic carbocycles. The largest absolute Gasteiger partial charge is 0.494 e. The topological polar surface area (TPSA) is 38.3 Å². The normalized spacial score (nSPS) is 10.3. The molecule has 0 unspecified atom stereocenters. The molecule has 0 atom stereocenters. The Labute approximate surface area is 154 Å². The summed E-state index contributed by atoms with van der Waals surface area (Å²) in [6.07, 6.45) is 0. The van der Waals surface area contributed by atoms with E-state index in [-0.39, 0.29) is 5.91 Å². The van der Waals surface area contributed by atoms with Crippen LogP contribution in [0.4, 0.5) is 5.69 Å². The average Bonchev–Trinajstić information content (AvgIpc) is 2.41. The molecule has 3 nitrogen and oxygen atoms in total. The predicted molar refractivity (Wildman–Crippen MR) is 97.8 cm³/mol. The number of methoxy groups -OCH3 is 1. The molecule has 0 bridgehead atoms. The van der Waals surface area contributed by atoms with Gasteiger partial charge in [0.1, 0.15) is 0 Å². The summed E-state index contributed by atoms with van der Waals surface area (Å²) in [5, 5.41) is 3.40. The van der Waals surface area contributed by atoms with E-state index in [1.807, 2.05) is 18.2 Å². The third-order valence-corrected chi connectivity index (χ3v) is 4.59. The van der Waals surface area contributed by atoms with Gasteiger partial charge in [0.2, 0.25) is 0 Å². The van der Waals surface area contributed by atoms with Crippen molar-refractivity contribution in [1.82, 2.24) is 0 Å². The summed E-state index contributed by atoms with van der Waals surface area (Å²) in [6.45, 7) is 0. The van der Waals surface area contributed by atoms with Gasteiger partial charge in [-0.25, -0.2) is 0 Å². The van der Waals surface area contributed by atoms with Crippen molar-refractivity contribution in [2.45, 2.75) is 0 Å². The van der Waals surface area contributed by atoms with Crippen molar-refractivity contribution >= 4 is 73.3 Å². The van der Waals surface area contributed by atoms with Gasteiger partial charge in [0.25, 0.3) is 5.91 Å². The maximum absolute atomic E-state index is 12.3. The van der Waals surface area contributed by atoms with Crippen LogP contribution in [0.5, 0.6) is 5.75 Å². The molecule has 0 aliphatic heterocycles. The van der Waals surface area contributed by atoms with Gasteiger partial charge in [-0.3, -0.25) is 4.79 Å². The second-order valence-corrected chi connectivity index (χ2v) is 6.94. The fourth-order valence-corrected chi connectivity index (χ4v) is 3.75. The number of halogens is 4. The first kappa shape index (κ1) is 16.9. The van der Waals surface area contributed by atoms with Gasteiger partial charge in [-0.05, 0) is 52.9 Å². The van der Waals surface area contributed by atoms with E-state index in [1.54, 1.807) is 0 Å². The van der Waals surface area contributed by atoms with Crippen molar-refractivity contribution in [3.63, 3.8) is 0 Å². The smallest absolute Gasteiger partial charge is 0.255 e. The predicted octanol–water partition coefficient (Wildman–Crippen LogP) is 5.62. The fourth-order valence-electron chi connectivity index (χ4n) is 1.67. The standard InChI is InChI=1S/C14H9BrCl2INO2/c1-21-13-9(16)4-7(5-10(13)17)14(20)19-12-3-2-8(15)6-11(12)18/h2-6H,1H3,(H,19,20). The lowest BCUT2D eigenvalue weighted by Gasteiger charge is -2.10. The monoisotopic (exact) mass is 499 g/mol. The number of nitrogens with one attached hydrogen (secondary N) is 1. The Kier molecular flexibility index (Phi) is 5.76. The maximum atomic E-state index is 12.3. The first-order chi connectivity index (χ1) is 9.92. The Bertz CT molecular complexity index is 686. The van der Waals surface area contributed by atoms with Crippen LogP contribution in [0, 0.1) is 3.57 Å². The van der Waals surface area contributed by atoms with E-state index in [0.717, 1.165) is 8.04 Å². The number of hydrogen-bond donors (Lipinski definition) is 1. The molecule has 0 heterocycles. The highest BCUT2D eigenvalue weighted by Gasteiger charge is 2.14. The van der Waals surface area contributed by atoms with Crippen molar-refractivity contribution in [1.29, 1.82) is 0 Å². The van der Waals surface area contributed by atoms with Gasteiger partial charge >= 0.3 is 0 Å². The molecule has 2 rings (SSSR count). The van der Waals surface area contributed by atoms with Gasteiger partial charge in [0.15, 0.2) is 5.75 Å². The second kappa shape index (κ2) is 7.17. The van der Waals surface area contributed by atoms with Crippen LogP contribution in [0.25, 0.3) is 0 Å². The minimum absolute atomic E-state index is 0.290. The summed E-state index contributed by atoms with van der Waals surface area (Å²) in [6, 6.07) is 8.62. The van der Waals surface area contributed by atoms with Gasteiger partial charge < -0.3 is 10.1 Å². The minimum atomic E-state index is -0.290. The number of ether oxygens (including phenoxy) is 1. The lowest BCUT2D eigenvalue weighted by Crippen LogP contribution is -2.13. The number of carbonyl (C=O) groups is 1. The highest BCUT2D eigenvalue weighted by atomic mass is 127. The van der Waals surface area contributed by atoms with Crippen LogP contribution in [0.1, 0.15) is 10.4 Å². The molecular formula is C14H9BrCl2INO2. The molecule has 21 heavy (non-hydrogen) atoms. The molecule has 2 aromatic carbocycles. The van der Waals surface area contributed by atoms with E-state index < -0.39 is 0 Å². The molecule has 1 amide bonds. The summed E-state index contributed by atoms with van der Waals surface area (Å²) in [5.41, 5.74) is 1.08. The first-order valence-corrected chi connectivity index (χ1v) is 8.34. The van der Waals surface area contributed by atoms with Crippen LogP contribution in [0.15, 0.2) is 34.8 Å². The van der Waals surface area contributed by atoms with Crippen molar-refractivity contribution in [3.05, 3.63) is 54.0 Å². The molecule has 0 radical (unpaired) electrons. The van der Waals surface area contributed by atoms with E-state index in [4.69, 9.17) is 27.9 Å².